The fraction of sp³-hybridized carbons (Fsp3) is 0.269. The van der Waals surface area contributed by atoms with E-state index in [-0.39, 0.29) is 17.2 Å². The molecule has 0 N–H and O–H groups in total. The van der Waals surface area contributed by atoms with Gasteiger partial charge in [-0.3, -0.25) is 9.36 Å². The normalized spacial score (nSPS) is 15.6. The molecule has 0 amide bonds. The molecule has 36 heavy (non-hydrogen) atoms. The number of thiazole rings is 1. The van der Waals surface area contributed by atoms with Gasteiger partial charge >= 0.3 is 5.97 Å². The molecule has 1 aromatic heterocycles. The monoisotopic (exact) mass is 590 g/mol. The molecule has 1 atom stereocenters. The average molecular weight is 592 g/mol. The fourth-order valence-corrected chi connectivity index (χ4v) is 5.69. The van der Waals surface area contributed by atoms with E-state index in [9.17, 15) is 9.59 Å². The molecule has 0 unspecified atom stereocenters. The van der Waals surface area contributed by atoms with Crippen molar-refractivity contribution in [2.24, 2.45) is 4.99 Å². The Hall–Kier alpha value is -2.88. The Morgan fingerprint density at radius 1 is 1.17 bits per heavy atom. The molecule has 0 bridgehead atoms. The quantitative estimate of drug-likeness (QED) is 0.391. The predicted molar refractivity (Wildman–Crippen MR) is 144 cm³/mol. The minimum absolute atomic E-state index is 0.284. The molecule has 1 aliphatic rings. The molecule has 2 heterocycles. The van der Waals surface area contributed by atoms with Crippen LogP contribution in [-0.2, 0) is 9.53 Å². The highest BCUT2D eigenvalue weighted by atomic mass is 79.9. The first-order chi connectivity index (χ1) is 17.1. The number of ether oxygens (including phenoxy) is 3. The van der Waals surface area contributed by atoms with Gasteiger partial charge in [0.1, 0.15) is 17.5 Å². The molecule has 188 valence electrons. The van der Waals surface area contributed by atoms with Gasteiger partial charge in [-0.2, -0.15) is 0 Å². The van der Waals surface area contributed by atoms with Crippen molar-refractivity contribution in [2.75, 3.05) is 14.2 Å². The van der Waals surface area contributed by atoms with Gasteiger partial charge in [0.05, 0.1) is 41.1 Å². The Morgan fingerprint density at radius 3 is 2.50 bits per heavy atom. The van der Waals surface area contributed by atoms with Gasteiger partial charge in [-0.05, 0) is 62.7 Å². The highest BCUT2D eigenvalue weighted by Crippen LogP contribution is 2.37. The van der Waals surface area contributed by atoms with E-state index in [1.807, 2.05) is 18.2 Å². The van der Waals surface area contributed by atoms with Crippen LogP contribution in [-0.4, -0.2) is 30.9 Å². The van der Waals surface area contributed by atoms with Gasteiger partial charge in [0.25, 0.3) is 5.56 Å². The molecule has 10 heteroatoms. The minimum Gasteiger partial charge on any atom is -0.496 e. The van der Waals surface area contributed by atoms with Crippen LogP contribution >= 0.6 is 38.9 Å². The molecule has 0 saturated carbocycles. The van der Waals surface area contributed by atoms with Gasteiger partial charge in [-0.1, -0.05) is 44.9 Å². The maximum absolute atomic E-state index is 13.8. The van der Waals surface area contributed by atoms with Crippen LogP contribution in [0.1, 0.15) is 37.9 Å². The summed E-state index contributed by atoms with van der Waals surface area (Å²) in [5.74, 6) is 0.541. The zero-order valence-electron chi connectivity index (χ0n) is 20.3. The topological polar surface area (TPSA) is 79.1 Å². The van der Waals surface area contributed by atoms with Crippen LogP contribution in [0.2, 0.25) is 5.02 Å². The molecular weight excluding hydrogens is 568 g/mol. The first kappa shape index (κ1) is 26.2. The molecule has 1 aliphatic heterocycles. The summed E-state index contributed by atoms with van der Waals surface area (Å²) in [7, 11) is 3.09. The van der Waals surface area contributed by atoms with Crippen molar-refractivity contribution in [1.82, 2.24) is 4.57 Å². The highest BCUT2D eigenvalue weighted by Gasteiger charge is 2.35. The Bertz CT molecular complexity index is 1560. The third-order valence-corrected chi connectivity index (χ3v) is 7.32. The Morgan fingerprint density at radius 2 is 1.86 bits per heavy atom. The summed E-state index contributed by atoms with van der Waals surface area (Å²) in [4.78, 5) is 32.1. The summed E-state index contributed by atoms with van der Waals surface area (Å²) >= 11 is 11.0. The number of carbonyl (C=O) groups is 1. The van der Waals surface area contributed by atoms with Gasteiger partial charge in [0, 0.05) is 10.0 Å². The van der Waals surface area contributed by atoms with Gasteiger partial charge in [0.2, 0.25) is 0 Å². The Labute approximate surface area is 225 Å². The number of rotatable bonds is 6. The van der Waals surface area contributed by atoms with Crippen LogP contribution in [0.5, 0.6) is 11.5 Å². The van der Waals surface area contributed by atoms with E-state index in [1.165, 1.54) is 15.9 Å². The summed E-state index contributed by atoms with van der Waals surface area (Å²) < 4.78 is 19.1. The molecule has 3 aromatic rings. The highest BCUT2D eigenvalue weighted by molar-refractivity contribution is 9.10. The van der Waals surface area contributed by atoms with Crippen molar-refractivity contribution in [2.45, 2.75) is 32.9 Å². The Balaban J connectivity index is 1.98. The molecule has 0 aliphatic carbocycles. The van der Waals surface area contributed by atoms with Crippen LogP contribution < -0.4 is 24.4 Å². The number of methoxy groups -OCH3 is 2. The van der Waals surface area contributed by atoms with Crippen molar-refractivity contribution < 1.29 is 19.0 Å². The number of allylic oxidation sites excluding steroid dienone is 1. The number of hydrogen-bond acceptors (Lipinski definition) is 7. The number of nitrogens with zero attached hydrogens (tertiary/aromatic N) is 2. The van der Waals surface area contributed by atoms with E-state index < -0.39 is 12.0 Å². The van der Waals surface area contributed by atoms with Crippen LogP contribution in [0.15, 0.2) is 61.9 Å². The second-order valence-electron chi connectivity index (χ2n) is 8.32. The lowest BCUT2D eigenvalue weighted by molar-refractivity contribution is -0.143. The van der Waals surface area contributed by atoms with Crippen LogP contribution in [0.25, 0.3) is 6.08 Å². The van der Waals surface area contributed by atoms with Gasteiger partial charge in [-0.25, -0.2) is 9.79 Å². The van der Waals surface area contributed by atoms with Crippen molar-refractivity contribution in [1.29, 1.82) is 0 Å². The van der Waals surface area contributed by atoms with Crippen LogP contribution in [0, 0.1) is 0 Å². The van der Waals surface area contributed by atoms with Crippen molar-refractivity contribution in [3.63, 3.8) is 0 Å². The van der Waals surface area contributed by atoms with E-state index in [1.54, 1.807) is 59.3 Å². The van der Waals surface area contributed by atoms with Crippen molar-refractivity contribution in [3.8, 4) is 11.5 Å². The largest absolute Gasteiger partial charge is 0.496 e. The first-order valence-electron chi connectivity index (χ1n) is 11.0. The maximum Gasteiger partial charge on any atom is 0.338 e. The third kappa shape index (κ3) is 5.00. The average Bonchev–Trinajstić information content (AvgIpc) is 3.12. The summed E-state index contributed by atoms with van der Waals surface area (Å²) in [6.07, 6.45) is 1.41. The molecule has 7 nitrogen and oxygen atoms in total. The predicted octanol–water partition coefficient (Wildman–Crippen LogP) is 4.62. The maximum atomic E-state index is 13.8. The Kier molecular flexibility index (Phi) is 7.73. The van der Waals surface area contributed by atoms with Gasteiger partial charge < -0.3 is 14.2 Å². The number of fused-ring (bicyclic) bond motifs is 1. The molecule has 0 saturated heterocycles. The number of halogens is 2. The molecule has 0 radical (unpaired) electrons. The van der Waals surface area contributed by atoms with E-state index in [0.29, 0.717) is 37.1 Å². The number of esters is 1. The van der Waals surface area contributed by atoms with E-state index in [4.69, 9.17) is 25.8 Å². The lowest BCUT2D eigenvalue weighted by atomic mass is 9.95. The lowest BCUT2D eigenvalue weighted by Crippen LogP contribution is -2.40. The van der Waals surface area contributed by atoms with E-state index >= 15 is 0 Å². The lowest BCUT2D eigenvalue weighted by Gasteiger charge is -2.26. The van der Waals surface area contributed by atoms with E-state index in [0.717, 1.165) is 10.0 Å². The second kappa shape index (κ2) is 10.6. The molecule has 0 spiro atoms. The summed E-state index contributed by atoms with van der Waals surface area (Å²) in [5.41, 5.74) is 1.84. The standard InChI is InChI=1S/C26H24BrClN2O5S/c1-13(2)35-25(32)22-14(3)29-26-30(23(22)17-12-16(27)7-9-19(17)33-4)24(31)21(36-26)11-15-6-8-20(34-5)18(28)10-15/h6-13,23H,1-5H3/b21-11-/t23-/m1/s1. The zero-order valence-corrected chi connectivity index (χ0v) is 23.5. The smallest absolute Gasteiger partial charge is 0.338 e. The number of carbonyl (C=O) groups excluding carboxylic acids is 1. The third-order valence-electron chi connectivity index (χ3n) is 5.54. The van der Waals surface area contributed by atoms with Crippen LogP contribution in [0.4, 0.5) is 0 Å². The van der Waals surface area contributed by atoms with Crippen molar-refractivity contribution in [3.05, 3.63) is 88.0 Å². The van der Waals surface area contributed by atoms with E-state index in [2.05, 4.69) is 20.9 Å². The van der Waals surface area contributed by atoms with Gasteiger partial charge in [-0.15, -0.1) is 0 Å². The first-order valence-corrected chi connectivity index (χ1v) is 13.0. The second-order valence-corrected chi connectivity index (χ2v) is 10.6. The number of hydrogen-bond donors (Lipinski definition) is 0. The number of aromatic nitrogens is 1. The fourth-order valence-electron chi connectivity index (χ4n) is 4.00. The minimum atomic E-state index is -0.790. The zero-order chi connectivity index (χ0) is 26.1. The molecular formula is C26H24BrClN2O5S. The SMILES string of the molecule is COc1ccc(/C=c2\sc3n(c2=O)[C@H](c2cc(Br)ccc2OC)C(C(=O)OC(C)C)=C(C)N=3)cc1Cl. The molecule has 2 aromatic carbocycles. The van der Waals surface area contributed by atoms with Crippen molar-refractivity contribution >= 4 is 50.9 Å². The summed E-state index contributed by atoms with van der Waals surface area (Å²) in [5, 5.41) is 0.435. The van der Waals surface area contributed by atoms with Gasteiger partial charge in [0.15, 0.2) is 4.80 Å². The summed E-state index contributed by atoms with van der Waals surface area (Å²) in [6.45, 7) is 5.30. The molecule has 4 rings (SSSR count). The molecule has 0 fully saturated rings. The summed E-state index contributed by atoms with van der Waals surface area (Å²) in [6, 6.07) is 9.95. The number of benzene rings is 2. The van der Waals surface area contributed by atoms with Crippen LogP contribution in [0.3, 0.4) is 0 Å².